The summed E-state index contributed by atoms with van der Waals surface area (Å²) in [7, 11) is 0. The van der Waals surface area contributed by atoms with Gasteiger partial charge in [0.15, 0.2) is 0 Å². The highest BCUT2D eigenvalue weighted by Crippen LogP contribution is 2.38. The zero-order valence-electron chi connectivity index (χ0n) is 9.73. The predicted molar refractivity (Wildman–Crippen MR) is 64.9 cm³/mol. The SMILES string of the molecule is OC[C@H]1O[C@@H](N2c3ccccc3NC2O)CC1O. The van der Waals surface area contributed by atoms with E-state index in [1.807, 2.05) is 24.3 Å². The molecule has 18 heavy (non-hydrogen) atoms. The Labute approximate surface area is 104 Å². The fourth-order valence-electron chi connectivity index (χ4n) is 2.52. The Morgan fingerprint density at radius 2 is 2.11 bits per heavy atom. The number of aliphatic hydroxyl groups is 3. The average Bonchev–Trinajstić information content (AvgIpc) is 2.88. The van der Waals surface area contributed by atoms with Gasteiger partial charge >= 0.3 is 0 Å². The summed E-state index contributed by atoms with van der Waals surface area (Å²) in [6.45, 7) is -0.226. The Kier molecular flexibility index (Phi) is 2.87. The van der Waals surface area contributed by atoms with E-state index >= 15 is 0 Å². The van der Waals surface area contributed by atoms with E-state index in [9.17, 15) is 10.2 Å². The minimum atomic E-state index is -0.878. The highest BCUT2D eigenvalue weighted by Gasteiger charge is 2.41. The molecule has 0 aliphatic carbocycles. The first-order valence-electron chi connectivity index (χ1n) is 5.97. The van der Waals surface area contributed by atoms with Crippen LogP contribution in [0.25, 0.3) is 0 Å². The van der Waals surface area contributed by atoms with E-state index in [1.54, 1.807) is 4.90 Å². The molecule has 4 atom stereocenters. The van der Waals surface area contributed by atoms with Crippen LogP contribution in [0.4, 0.5) is 11.4 Å². The molecule has 1 aromatic carbocycles. The lowest BCUT2D eigenvalue weighted by Gasteiger charge is -2.28. The Bertz CT molecular complexity index is 442. The van der Waals surface area contributed by atoms with Gasteiger partial charge < -0.3 is 30.3 Å². The molecule has 0 saturated carbocycles. The van der Waals surface area contributed by atoms with Gasteiger partial charge in [-0.2, -0.15) is 0 Å². The maximum Gasteiger partial charge on any atom is 0.207 e. The molecule has 4 N–H and O–H groups in total. The third-order valence-corrected chi connectivity index (χ3v) is 3.42. The summed E-state index contributed by atoms with van der Waals surface area (Å²) in [5.41, 5.74) is 1.66. The number of nitrogens with zero attached hydrogens (tertiary/aromatic N) is 1. The first-order valence-corrected chi connectivity index (χ1v) is 5.97. The maximum atomic E-state index is 10.0. The second kappa shape index (κ2) is 4.40. The van der Waals surface area contributed by atoms with Crippen molar-refractivity contribution in [2.45, 2.75) is 31.2 Å². The summed E-state index contributed by atoms with van der Waals surface area (Å²) in [5, 5.41) is 31.8. The minimum Gasteiger partial charge on any atom is -0.394 e. The van der Waals surface area contributed by atoms with Crippen LogP contribution >= 0.6 is 0 Å². The van der Waals surface area contributed by atoms with E-state index < -0.39 is 24.8 Å². The number of anilines is 2. The van der Waals surface area contributed by atoms with Gasteiger partial charge in [-0.15, -0.1) is 0 Å². The van der Waals surface area contributed by atoms with Gasteiger partial charge in [-0.3, -0.25) is 0 Å². The van der Waals surface area contributed by atoms with E-state index in [0.29, 0.717) is 6.42 Å². The Morgan fingerprint density at radius 1 is 1.33 bits per heavy atom. The van der Waals surface area contributed by atoms with Crippen molar-refractivity contribution in [3.8, 4) is 0 Å². The number of fused-ring (bicyclic) bond motifs is 1. The highest BCUT2D eigenvalue weighted by molar-refractivity contribution is 5.75. The Balaban J connectivity index is 1.85. The van der Waals surface area contributed by atoms with Crippen LogP contribution in [0, 0.1) is 0 Å². The molecule has 2 aliphatic heterocycles. The zero-order valence-corrected chi connectivity index (χ0v) is 9.73. The molecule has 6 nitrogen and oxygen atoms in total. The van der Waals surface area contributed by atoms with Crippen molar-refractivity contribution in [1.29, 1.82) is 0 Å². The van der Waals surface area contributed by atoms with Crippen LogP contribution < -0.4 is 10.2 Å². The standard InChI is InChI=1S/C12H16N2O4/c15-6-10-9(16)5-11(18-10)14-8-4-2-1-3-7(8)13-12(14)17/h1-4,9-13,15-17H,5-6H2/t9?,10-,11-,12?/m1/s1. The summed E-state index contributed by atoms with van der Waals surface area (Å²) in [6, 6.07) is 7.50. The van der Waals surface area contributed by atoms with E-state index in [4.69, 9.17) is 9.84 Å². The molecule has 2 aliphatic rings. The third kappa shape index (κ3) is 1.74. The van der Waals surface area contributed by atoms with Crippen LogP contribution in [-0.4, -0.2) is 46.7 Å². The van der Waals surface area contributed by atoms with E-state index in [2.05, 4.69) is 5.32 Å². The number of rotatable bonds is 2. The summed E-state index contributed by atoms with van der Waals surface area (Å²) in [6.07, 6.45) is -2.26. The van der Waals surface area contributed by atoms with Crippen LogP contribution in [0.5, 0.6) is 0 Å². The molecular weight excluding hydrogens is 236 g/mol. The monoisotopic (exact) mass is 252 g/mol. The number of nitrogens with one attached hydrogen (secondary N) is 1. The van der Waals surface area contributed by atoms with Crippen molar-refractivity contribution in [2.24, 2.45) is 0 Å². The smallest absolute Gasteiger partial charge is 0.207 e. The molecule has 0 radical (unpaired) electrons. The molecule has 0 aromatic heterocycles. The summed E-state index contributed by atoms with van der Waals surface area (Å²) < 4.78 is 5.56. The van der Waals surface area contributed by atoms with Gasteiger partial charge in [0.25, 0.3) is 0 Å². The normalized spacial score (nSPS) is 34.5. The van der Waals surface area contributed by atoms with Crippen LogP contribution in [0.1, 0.15) is 6.42 Å². The molecule has 2 unspecified atom stereocenters. The number of benzene rings is 1. The largest absolute Gasteiger partial charge is 0.394 e. The number of para-hydroxylation sites is 2. The number of hydrogen-bond donors (Lipinski definition) is 4. The van der Waals surface area contributed by atoms with E-state index in [1.165, 1.54) is 0 Å². The Hall–Kier alpha value is -1.34. The lowest BCUT2D eigenvalue weighted by molar-refractivity contribution is -0.0298. The van der Waals surface area contributed by atoms with E-state index in [-0.39, 0.29) is 6.61 Å². The van der Waals surface area contributed by atoms with Crippen LogP contribution in [0.2, 0.25) is 0 Å². The molecule has 98 valence electrons. The van der Waals surface area contributed by atoms with Crippen LogP contribution in [-0.2, 0) is 4.74 Å². The quantitative estimate of drug-likeness (QED) is 0.576. The first-order chi connectivity index (χ1) is 8.70. The lowest BCUT2D eigenvalue weighted by atomic mass is 10.2. The van der Waals surface area contributed by atoms with Gasteiger partial charge in [0.05, 0.1) is 24.1 Å². The van der Waals surface area contributed by atoms with Crippen molar-refractivity contribution in [3.05, 3.63) is 24.3 Å². The van der Waals surface area contributed by atoms with Gasteiger partial charge in [-0.1, -0.05) is 12.1 Å². The van der Waals surface area contributed by atoms with Crippen LogP contribution in [0.3, 0.4) is 0 Å². The lowest BCUT2D eigenvalue weighted by Crippen LogP contribution is -2.43. The summed E-state index contributed by atoms with van der Waals surface area (Å²) in [5.74, 6) is 0. The van der Waals surface area contributed by atoms with Crippen molar-refractivity contribution in [1.82, 2.24) is 0 Å². The van der Waals surface area contributed by atoms with Crippen molar-refractivity contribution >= 4 is 11.4 Å². The third-order valence-electron chi connectivity index (χ3n) is 3.42. The predicted octanol–water partition coefficient (Wildman–Crippen LogP) is -0.337. The molecule has 0 bridgehead atoms. The molecule has 1 saturated heterocycles. The first kappa shape index (κ1) is 11.7. The fraction of sp³-hybridized carbons (Fsp3) is 0.500. The molecule has 0 spiro atoms. The van der Waals surface area contributed by atoms with Gasteiger partial charge in [-0.25, -0.2) is 0 Å². The van der Waals surface area contributed by atoms with Gasteiger partial charge in [0.1, 0.15) is 12.3 Å². The topological polar surface area (TPSA) is 85.2 Å². The highest BCUT2D eigenvalue weighted by atomic mass is 16.5. The average molecular weight is 252 g/mol. The molecule has 1 aromatic rings. The van der Waals surface area contributed by atoms with Gasteiger partial charge in [0, 0.05) is 6.42 Å². The molecule has 0 amide bonds. The second-order valence-corrected chi connectivity index (χ2v) is 4.56. The molecule has 6 heteroatoms. The minimum absolute atomic E-state index is 0.226. The second-order valence-electron chi connectivity index (χ2n) is 4.56. The number of hydrogen-bond acceptors (Lipinski definition) is 6. The zero-order chi connectivity index (χ0) is 12.7. The summed E-state index contributed by atoms with van der Waals surface area (Å²) in [4.78, 5) is 1.67. The molecule has 3 rings (SSSR count). The van der Waals surface area contributed by atoms with Gasteiger partial charge in [0.2, 0.25) is 6.35 Å². The molecule has 2 heterocycles. The molecular formula is C12H16N2O4. The van der Waals surface area contributed by atoms with Crippen LogP contribution in [0.15, 0.2) is 24.3 Å². The molecule has 1 fully saturated rings. The van der Waals surface area contributed by atoms with Crippen molar-refractivity contribution in [3.63, 3.8) is 0 Å². The maximum absolute atomic E-state index is 10.0. The fourth-order valence-corrected chi connectivity index (χ4v) is 2.52. The van der Waals surface area contributed by atoms with Crippen molar-refractivity contribution in [2.75, 3.05) is 16.8 Å². The number of ether oxygens (including phenoxy) is 1. The number of aliphatic hydroxyl groups excluding tert-OH is 3. The Morgan fingerprint density at radius 3 is 2.83 bits per heavy atom. The van der Waals surface area contributed by atoms with Gasteiger partial charge in [-0.05, 0) is 12.1 Å². The van der Waals surface area contributed by atoms with E-state index in [0.717, 1.165) is 11.4 Å². The summed E-state index contributed by atoms with van der Waals surface area (Å²) >= 11 is 0. The van der Waals surface area contributed by atoms with Crippen molar-refractivity contribution < 1.29 is 20.1 Å².